The van der Waals surface area contributed by atoms with Gasteiger partial charge in [0.2, 0.25) is 0 Å². The SMILES string of the molecule is CCCCCCOc1ccc(-c2ccc(-c3cc4c(c5ccccc35)C=CC(c3ccccc3)(c3ccc(N5CCCC5)cc3)O4)cc2)cc1. The molecule has 1 saturated heterocycles. The molecule has 0 saturated carbocycles. The molecule has 1 atom stereocenters. The molecule has 0 N–H and O–H groups in total. The fourth-order valence-corrected chi connectivity index (χ4v) is 7.64. The van der Waals surface area contributed by atoms with E-state index in [1.165, 1.54) is 70.8 Å². The maximum atomic E-state index is 7.27. The van der Waals surface area contributed by atoms with Crippen molar-refractivity contribution in [3.63, 3.8) is 0 Å². The Hall–Kier alpha value is -5.28. The van der Waals surface area contributed by atoms with Gasteiger partial charge in [0.05, 0.1) is 6.61 Å². The molecule has 6 aromatic rings. The zero-order valence-corrected chi connectivity index (χ0v) is 29.0. The standard InChI is InChI=1S/C47H45NO2/c1-2-3-4-12-33-49-41-27-21-36(22-28-41)35-17-19-37(20-18-35)45-34-46-44(42-15-8-9-16-43(42)45)29-30-47(50-46,38-13-6-5-7-14-38)39-23-25-40(26-24-39)48-31-10-11-32-48/h5-9,13-30,34H,2-4,10-12,31-33H2,1H3. The van der Waals surface area contributed by atoms with Crippen molar-refractivity contribution in [3.05, 3.63) is 156 Å². The van der Waals surface area contributed by atoms with E-state index < -0.39 is 5.60 Å². The number of hydrogen-bond acceptors (Lipinski definition) is 3. The summed E-state index contributed by atoms with van der Waals surface area (Å²) in [6.45, 7) is 5.27. The van der Waals surface area contributed by atoms with E-state index >= 15 is 0 Å². The molecule has 0 aliphatic carbocycles. The fraction of sp³-hybridized carbons (Fsp3) is 0.234. The lowest BCUT2D eigenvalue weighted by atomic mass is 9.82. The van der Waals surface area contributed by atoms with Crippen molar-refractivity contribution in [1.82, 2.24) is 0 Å². The summed E-state index contributed by atoms with van der Waals surface area (Å²) in [6.07, 6.45) is 11.9. The van der Waals surface area contributed by atoms with Crippen LogP contribution >= 0.6 is 0 Å². The molecule has 2 aliphatic heterocycles. The van der Waals surface area contributed by atoms with Crippen LogP contribution in [0.25, 0.3) is 39.1 Å². The second kappa shape index (κ2) is 14.3. The number of nitrogens with zero attached hydrogens (tertiary/aromatic N) is 1. The van der Waals surface area contributed by atoms with Crippen LogP contribution in [0, 0.1) is 0 Å². The van der Waals surface area contributed by atoms with E-state index in [1.54, 1.807) is 0 Å². The molecule has 3 heteroatoms. The number of anilines is 1. The van der Waals surface area contributed by atoms with E-state index in [4.69, 9.17) is 9.47 Å². The third-order valence-corrected chi connectivity index (χ3v) is 10.4. The van der Waals surface area contributed by atoms with E-state index in [0.29, 0.717) is 0 Å². The first-order chi connectivity index (χ1) is 24.7. The van der Waals surface area contributed by atoms with Gasteiger partial charge in [0.15, 0.2) is 5.60 Å². The minimum Gasteiger partial charge on any atom is -0.494 e. The lowest BCUT2D eigenvalue weighted by Gasteiger charge is -2.37. The van der Waals surface area contributed by atoms with E-state index in [-0.39, 0.29) is 0 Å². The van der Waals surface area contributed by atoms with Crippen LogP contribution in [0.2, 0.25) is 0 Å². The van der Waals surface area contributed by atoms with Gasteiger partial charge in [-0.2, -0.15) is 0 Å². The van der Waals surface area contributed by atoms with Crippen LogP contribution in [0.1, 0.15) is 62.1 Å². The van der Waals surface area contributed by atoms with Crippen LogP contribution in [-0.2, 0) is 5.60 Å². The Kier molecular flexibility index (Phi) is 9.13. The predicted octanol–water partition coefficient (Wildman–Crippen LogP) is 12.1. The van der Waals surface area contributed by atoms with Gasteiger partial charge in [0.1, 0.15) is 11.5 Å². The zero-order valence-electron chi connectivity index (χ0n) is 29.0. The Labute approximate surface area is 296 Å². The summed E-state index contributed by atoms with van der Waals surface area (Å²) in [7, 11) is 0. The third-order valence-electron chi connectivity index (χ3n) is 10.4. The molecule has 0 amide bonds. The highest BCUT2D eigenvalue weighted by Gasteiger charge is 2.38. The van der Waals surface area contributed by atoms with Crippen molar-refractivity contribution >= 4 is 22.5 Å². The van der Waals surface area contributed by atoms with Crippen molar-refractivity contribution in [2.75, 3.05) is 24.6 Å². The summed E-state index contributed by atoms with van der Waals surface area (Å²) in [4.78, 5) is 2.48. The molecule has 0 spiro atoms. The number of fused-ring (bicyclic) bond motifs is 3. The molecule has 0 bridgehead atoms. The Balaban J connectivity index is 1.12. The summed E-state index contributed by atoms with van der Waals surface area (Å²) in [5.41, 5.74) is 8.60. The van der Waals surface area contributed by atoms with Gasteiger partial charge in [0.25, 0.3) is 0 Å². The normalized spacial score (nSPS) is 16.7. The molecule has 2 aliphatic rings. The lowest BCUT2D eigenvalue weighted by Crippen LogP contribution is -2.34. The molecule has 3 nitrogen and oxygen atoms in total. The molecule has 8 rings (SSSR count). The molecule has 0 radical (unpaired) electrons. The predicted molar refractivity (Wildman–Crippen MR) is 209 cm³/mol. The second-order valence-electron chi connectivity index (χ2n) is 13.7. The quantitative estimate of drug-likeness (QED) is 0.130. The molecule has 6 aromatic carbocycles. The highest BCUT2D eigenvalue weighted by atomic mass is 16.5. The van der Waals surface area contributed by atoms with Gasteiger partial charge < -0.3 is 14.4 Å². The summed E-state index contributed by atoms with van der Waals surface area (Å²) >= 11 is 0. The summed E-state index contributed by atoms with van der Waals surface area (Å²) in [5, 5.41) is 2.41. The van der Waals surface area contributed by atoms with Crippen LogP contribution in [0.4, 0.5) is 5.69 Å². The Bertz CT molecular complexity index is 2080. The minimum atomic E-state index is -0.743. The Morgan fingerprint density at radius 2 is 1.28 bits per heavy atom. The van der Waals surface area contributed by atoms with Gasteiger partial charge in [-0.3, -0.25) is 0 Å². The first kappa shape index (κ1) is 32.0. The van der Waals surface area contributed by atoms with E-state index in [2.05, 4.69) is 157 Å². The minimum absolute atomic E-state index is 0.743. The first-order valence-corrected chi connectivity index (χ1v) is 18.4. The second-order valence-corrected chi connectivity index (χ2v) is 13.7. The van der Waals surface area contributed by atoms with Gasteiger partial charge >= 0.3 is 0 Å². The Morgan fingerprint density at radius 1 is 0.640 bits per heavy atom. The first-order valence-electron chi connectivity index (χ1n) is 18.4. The van der Waals surface area contributed by atoms with Crippen LogP contribution in [-0.4, -0.2) is 19.7 Å². The van der Waals surface area contributed by atoms with E-state index in [9.17, 15) is 0 Å². The topological polar surface area (TPSA) is 21.7 Å². The maximum Gasteiger partial charge on any atom is 0.178 e. The molecule has 1 fully saturated rings. The van der Waals surface area contributed by atoms with Crippen molar-refractivity contribution < 1.29 is 9.47 Å². The fourth-order valence-electron chi connectivity index (χ4n) is 7.64. The monoisotopic (exact) mass is 655 g/mol. The molecule has 0 aromatic heterocycles. The summed E-state index contributed by atoms with van der Waals surface area (Å²) in [6, 6.07) is 48.0. The van der Waals surface area contributed by atoms with Crippen molar-refractivity contribution in [2.24, 2.45) is 0 Å². The average Bonchev–Trinajstić information content (AvgIpc) is 3.74. The molecular weight excluding hydrogens is 611 g/mol. The maximum absolute atomic E-state index is 7.27. The molecule has 250 valence electrons. The van der Waals surface area contributed by atoms with Crippen molar-refractivity contribution in [2.45, 2.75) is 51.0 Å². The van der Waals surface area contributed by atoms with Crippen LogP contribution in [0.5, 0.6) is 11.5 Å². The smallest absolute Gasteiger partial charge is 0.178 e. The number of benzene rings is 6. The lowest BCUT2D eigenvalue weighted by molar-refractivity contribution is 0.161. The molecule has 1 unspecified atom stereocenters. The third kappa shape index (κ3) is 6.29. The number of unbranched alkanes of at least 4 members (excludes halogenated alkanes) is 3. The molecular formula is C47H45NO2. The van der Waals surface area contributed by atoms with E-state index in [1.807, 2.05) is 0 Å². The zero-order chi connectivity index (χ0) is 33.8. The van der Waals surface area contributed by atoms with E-state index in [0.717, 1.165) is 54.3 Å². The summed E-state index contributed by atoms with van der Waals surface area (Å²) in [5.74, 6) is 1.83. The number of hydrogen-bond donors (Lipinski definition) is 0. The van der Waals surface area contributed by atoms with Crippen molar-refractivity contribution in [3.8, 4) is 33.8 Å². The van der Waals surface area contributed by atoms with Crippen LogP contribution in [0.15, 0.2) is 140 Å². The molecule has 50 heavy (non-hydrogen) atoms. The number of rotatable bonds is 11. The average molecular weight is 656 g/mol. The van der Waals surface area contributed by atoms with Crippen molar-refractivity contribution in [1.29, 1.82) is 0 Å². The Morgan fingerprint density at radius 3 is 2.00 bits per heavy atom. The van der Waals surface area contributed by atoms with Gasteiger partial charge in [-0.25, -0.2) is 0 Å². The molecule has 2 heterocycles. The largest absolute Gasteiger partial charge is 0.494 e. The van der Waals surface area contributed by atoms with Crippen LogP contribution < -0.4 is 14.4 Å². The number of ether oxygens (including phenoxy) is 2. The van der Waals surface area contributed by atoms with Gasteiger partial charge in [-0.1, -0.05) is 129 Å². The van der Waals surface area contributed by atoms with Gasteiger partial charge in [-0.15, -0.1) is 0 Å². The highest BCUT2D eigenvalue weighted by Crippen LogP contribution is 2.47. The van der Waals surface area contributed by atoms with Gasteiger partial charge in [0, 0.05) is 35.5 Å². The highest BCUT2D eigenvalue weighted by molar-refractivity contribution is 6.03. The van der Waals surface area contributed by atoms with Crippen LogP contribution in [0.3, 0.4) is 0 Å². The van der Waals surface area contributed by atoms with Gasteiger partial charge in [-0.05, 0) is 94.8 Å². The summed E-state index contributed by atoms with van der Waals surface area (Å²) < 4.78 is 13.3.